The fraction of sp³-hybridized carbons (Fsp3) is 0.435. The summed E-state index contributed by atoms with van der Waals surface area (Å²) < 4.78 is 0. The second-order valence-electron chi connectivity index (χ2n) is 8.14. The molecule has 31 heavy (non-hydrogen) atoms. The number of anilines is 2. The third-order valence-electron chi connectivity index (χ3n) is 5.52. The maximum absolute atomic E-state index is 13.0. The molecule has 2 amide bonds. The van der Waals surface area contributed by atoms with Crippen molar-refractivity contribution in [3.05, 3.63) is 53.7 Å². The Morgan fingerprint density at radius 3 is 2.16 bits per heavy atom. The van der Waals surface area contributed by atoms with Crippen LogP contribution in [0, 0.1) is 0 Å². The van der Waals surface area contributed by atoms with E-state index >= 15 is 0 Å². The average Bonchev–Trinajstić information content (AvgIpc) is 3.33. The number of piperazine rings is 1. The highest BCUT2D eigenvalue weighted by Gasteiger charge is 2.25. The smallest absolute Gasteiger partial charge is 0.254 e. The van der Waals surface area contributed by atoms with Gasteiger partial charge in [-0.1, -0.05) is 0 Å². The molecule has 7 nitrogen and oxygen atoms in total. The first-order valence-electron chi connectivity index (χ1n) is 10.8. The summed E-state index contributed by atoms with van der Waals surface area (Å²) in [6.07, 6.45) is 1.81. The molecule has 8 heteroatoms. The van der Waals surface area contributed by atoms with Gasteiger partial charge in [0.15, 0.2) is 5.82 Å². The summed E-state index contributed by atoms with van der Waals surface area (Å²) in [4.78, 5) is 36.0. The van der Waals surface area contributed by atoms with Gasteiger partial charge in [-0.3, -0.25) is 9.59 Å². The topological polar surface area (TPSA) is 68.8 Å². The molecule has 0 bridgehead atoms. The maximum atomic E-state index is 13.0. The van der Waals surface area contributed by atoms with Gasteiger partial charge in [0.1, 0.15) is 0 Å². The molecule has 0 spiro atoms. The SMILES string of the molecule is CC(C)Nc1cccnc1N1CCN(C(=O)c2ccc(C(=O)N3CCSC3)cc2)CC1. The number of carbonyl (C=O) groups is 2. The number of hydrogen-bond donors (Lipinski definition) is 1. The van der Waals surface area contributed by atoms with E-state index in [1.54, 1.807) is 36.0 Å². The fourth-order valence-electron chi connectivity index (χ4n) is 3.89. The van der Waals surface area contributed by atoms with E-state index in [4.69, 9.17) is 0 Å². The van der Waals surface area contributed by atoms with E-state index < -0.39 is 0 Å². The molecule has 2 saturated heterocycles. The Labute approximate surface area is 187 Å². The largest absolute Gasteiger partial charge is 0.380 e. The van der Waals surface area contributed by atoms with Gasteiger partial charge in [-0.15, -0.1) is 11.8 Å². The van der Waals surface area contributed by atoms with Crippen molar-refractivity contribution in [1.82, 2.24) is 14.8 Å². The first kappa shape index (κ1) is 21.5. The van der Waals surface area contributed by atoms with Crippen LogP contribution in [0.1, 0.15) is 34.6 Å². The predicted molar refractivity (Wildman–Crippen MR) is 126 cm³/mol. The van der Waals surface area contributed by atoms with Crippen LogP contribution in [0.3, 0.4) is 0 Å². The molecule has 2 aromatic rings. The molecule has 1 N–H and O–H groups in total. The van der Waals surface area contributed by atoms with Crippen LogP contribution >= 0.6 is 11.8 Å². The van der Waals surface area contributed by atoms with E-state index in [9.17, 15) is 9.59 Å². The molecule has 164 valence electrons. The fourth-order valence-corrected chi connectivity index (χ4v) is 4.83. The molecule has 0 radical (unpaired) electrons. The summed E-state index contributed by atoms with van der Waals surface area (Å²) in [5.74, 6) is 2.72. The minimum atomic E-state index is 0.0110. The zero-order valence-corrected chi connectivity index (χ0v) is 18.9. The normalized spacial score (nSPS) is 16.7. The molecule has 3 heterocycles. The Balaban J connectivity index is 1.37. The van der Waals surface area contributed by atoms with E-state index in [2.05, 4.69) is 29.0 Å². The lowest BCUT2D eigenvalue weighted by Gasteiger charge is -2.36. The second kappa shape index (κ2) is 9.60. The van der Waals surface area contributed by atoms with Crippen LogP contribution in [-0.4, -0.2) is 77.0 Å². The van der Waals surface area contributed by atoms with Crippen molar-refractivity contribution in [3.8, 4) is 0 Å². The lowest BCUT2D eigenvalue weighted by Crippen LogP contribution is -2.49. The molecule has 1 aromatic carbocycles. The zero-order valence-electron chi connectivity index (χ0n) is 18.1. The number of pyridine rings is 1. The number of nitrogens with one attached hydrogen (secondary N) is 1. The molecule has 4 rings (SSSR count). The number of aromatic nitrogens is 1. The van der Waals surface area contributed by atoms with Crippen LogP contribution in [0.5, 0.6) is 0 Å². The minimum Gasteiger partial charge on any atom is -0.380 e. The van der Waals surface area contributed by atoms with Gasteiger partial charge in [0, 0.05) is 61.8 Å². The maximum Gasteiger partial charge on any atom is 0.254 e. The third kappa shape index (κ3) is 4.95. The van der Waals surface area contributed by atoms with Crippen LogP contribution in [0.2, 0.25) is 0 Å². The molecule has 1 aromatic heterocycles. The lowest BCUT2D eigenvalue weighted by atomic mass is 10.1. The first-order chi connectivity index (χ1) is 15.0. The van der Waals surface area contributed by atoms with Gasteiger partial charge in [0.25, 0.3) is 11.8 Å². The molecule has 0 aliphatic carbocycles. The molecular weight excluding hydrogens is 410 g/mol. The monoisotopic (exact) mass is 439 g/mol. The zero-order chi connectivity index (χ0) is 21.8. The van der Waals surface area contributed by atoms with Crippen LogP contribution in [-0.2, 0) is 0 Å². The average molecular weight is 440 g/mol. The Bertz CT molecular complexity index is 920. The molecule has 2 fully saturated rings. The summed E-state index contributed by atoms with van der Waals surface area (Å²) in [5.41, 5.74) is 2.29. The number of thioether (sulfide) groups is 1. The van der Waals surface area contributed by atoms with Gasteiger partial charge in [-0.05, 0) is 50.2 Å². The van der Waals surface area contributed by atoms with Crippen molar-refractivity contribution < 1.29 is 9.59 Å². The van der Waals surface area contributed by atoms with E-state index in [1.165, 1.54) is 0 Å². The van der Waals surface area contributed by atoms with Crippen LogP contribution in [0.15, 0.2) is 42.6 Å². The number of hydrogen-bond acceptors (Lipinski definition) is 6. The molecule has 0 unspecified atom stereocenters. The second-order valence-corrected chi connectivity index (χ2v) is 9.21. The van der Waals surface area contributed by atoms with Crippen molar-refractivity contribution in [1.29, 1.82) is 0 Å². The molecule has 2 aliphatic heterocycles. The van der Waals surface area contributed by atoms with Gasteiger partial charge in [-0.2, -0.15) is 0 Å². The quantitative estimate of drug-likeness (QED) is 0.773. The Kier molecular flexibility index (Phi) is 6.65. The standard InChI is InChI=1S/C23H29N5O2S/c1-17(2)25-20-4-3-9-24-21(20)26-10-12-27(13-11-26)22(29)18-5-7-19(8-6-18)23(30)28-14-15-31-16-28/h3-9,17,25H,10-16H2,1-2H3. The molecule has 0 saturated carbocycles. The van der Waals surface area contributed by atoms with Crippen molar-refractivity contribution in [2.24, 2.45) is 0 Å². The number of amides is 2. The van der Waals surface area contributed by atoms with E-state index in [0.717, 1.165) is 42.8 Å². The van der Waals surface area contributed by atoms with E-state index in [-0.39, 0.29) is 11.8 Å². The highest BCUT2D eigenvalue weighted by molar-refractivity contribution is 7.99. The number of benzene rings is 1. The Hall–Kier alpha value is -2.74. The van der Waals surface area contributed by atoms with Crippen molar-refractivity contribution in [3.63, 3.8) is 0 Å². The highest BCUT2D eigenvalue weighted by Crippen LogP contribution is 2.25. The van der Waals surface area contributed by atoms with Gasteiger partial charge < -0.3 is 20.0 Å². The predicted octanol–water partition coefficient (Wildman–Crippen LogP) is 3.01. The summed E-state index contributed by atoms with van der Waals surface area (Å²) in [6, 6.07) is 11.4. The number of carbonyl (C=O) groups excluding carboxylic acids is 2. The summed E-state index contributed by atoms with van der Waals surface area (Å²) in [5, 5.41) is 3.45. The van der Waals surface area contributed by atoms with Crippen LogP contribution in [0.25, 0.3) is 0 Å². The van der Waals surface area contributed by atoms with Crippen LogP contribution < -0.4 is 10.2 Å². The number of nitrogens with zero attached hydrogens (tertiary/aromatic N) is 4. The Morgan fingerprint density at radius 1 is 0.935 bits per heavy atom. The van der Waals surface area contributed by atoms with E-state index in [0.29, 0.717) is 30.3 Å². The highest BCUT2D eigenvalue weighted by atomic mass is 32.2. The van der Waals surface area contributed by atoms with Gasteiger partial charge >= 0.3 is 0 Å². The van der Waals surface area contributed by atoms with Crippen molar-refractivity contribution in [2.75, 3.05) is 54.6 Å². The van der Waals surface area contributed by atoms with E-state index in [1.807, 2.05) is 28.1 Å². The lowest BCUT2D eigenvalue weighted by molar-refractivity contribution is 0.0744. The van der Waals surface area contributed by atoms with Crippen molar-refractivity contribution in [2.45, 2.75) is 19.9 Å². The minimum absolute atomic E-state index is 0.0110. The van der Waals surface area contributed by atoms with Gasteiger partial charge in [0.05, 0.1) is 11.6 Å². The summed E-state index contributed by atoms with van der Waals surface area (Å²) in [7, 11) is 0. The molecule has 2 aliphatic rings. The molecular formula is C23H29N5O2S. The summed E-state index contributed by atoms with van der Waals surface area (Å²) >= 11 is 1.77. The summed E-state index contributed by atoms with van der Waals surface area (Å²) in [6.45, 7) is 7.76. The first-order valence-corrected chi connectivity index (χ1v) is 11.9. The third-order valence-corrected chi connectivity index (χ3v) is 6.48. The van der Waals surface area contributed by atoms with Crippen molar-refractivity contribution >= 4 is 35.1 Å². The van der Waals surface area contributed by atoms with Crippen LogP contribution in [0.4, 0.5) is 11.5 Å². The van der Waals surface area contributed by atoms with Gasteiger partial charge in [-0.25, -0.2) is 4.98 Å². The number of rotatable bonds is 5. The Morgan fingerprint density at radius 2 is 1.58 bits per heavy atom. The molecule has 0 atom stereocenters. The van der Waals surface area contributed by atoms with Gasteiger partial charge in [0.2, 0.25) is 0 Å².